The van der Waals surface area contributed by atoms with Gasteiger partial charge in [0.15, 0.2) is 6.10 Å². The fourth-order valence-corrected chi connectivity index (χ4v) is 1.68. The summed E-state index contributed by atoms with van der Waals surface area (Å²) in [6.45, 7) is -1.96. The Morgan fingerprint density at radius 1 is 1.33 bits per heavy atom. The Kier molecular flexibility index (Phi) is 5.71. The van der Waals surface area contributed by atoms with Gasteiger partial charge < -0.3 is 14.8 Å². The first-order valence-corrected chi connectivity index (χ1v) is 6.70. The van der Waals surface area contributed by atoms with Gasteiger partial charge in [0.25, 0.3) is 5.91 Å². The summed E-state index contributed by atoms with van der Waals surface area (Å²) in [6.07, 6.45) is 0.0535. The first-order chi connectivity index (χ1) is 11.5. The molecule has 0 bridgehead atoms. The van der Waals surface area contributed by atoms with Gasteiger partial charge in [0.05, 0.1) is 5.69 Å². The third kappa shape index (κ3) is 4.97. The molecule has 1 aromatic heterocycles. The molecule has 0 aliphatic carbocycles. The Morgan fingerprint density at radius 3 is 2.75 bits per heavy atom. The van der Waals surface area contributed by atoms with Gasteiger partial charge in [0.2, 0.25) is 0 Å². The van der Waals surface area contributed by atoms with E-state index in [1.54, 1.807) is 0 Å². The van der Waals surface area contributed by atoms with E-state index >= 15 is 0 Å². The molecule has 9 nitrogen and oxygen atoms in total. The number of hydrogen-bond acceptors (Lipinski definition) is 7. The number of esters is 1. The number of alkyl halides is 2. The Bertz CT molecular complexity index is 695. The maximum Gasteiger partial charge on any atom is 0.387 e. The SMILES string of the molecule is C[C@@H](OC(=O)Cn1cnnn1)C(=O)Nc1ccccc1OC(F)F. The average molecular weight is 341 g/mol. The molecule has 2 rings (SSSR count). The van der Waals surface area contributed by atoms with Crippen molar-refractivity contribution in [1.29, 1.82) is 0 Å². The quantitative estimate of drug-likeness (QED) is 0.744. The van der Waals surface area contributed by atoms with Crippen LogP contribution in [0.1, 0.15) is 6.92 Å². The van der Waals surface area contributed by atoms with Gasteiger partial charge >= 0.3 is 12.6 Å². The van der Waals surface area contributed by atoms with Crippen molar-refractivity contribution >= 4 is 17.6 Å². The molecule has 1 aromatic carbocycles. The highest BCUT2D eigenvalue weighted by Crippen LogP contribution is 2.25. The van der Waals surface area contributed by atoms with Crippen molar-refractivity contribution in [3.63, 3.8) is 0 Å². The molecule has 0 spiro atoms. The van der Waals surface area contributed by atoms with Crippen molar-refractivity contribution in [2.45, 2.75) is 26.2 Å². The summed E-state index contributed by atoms with van der Waals surface area (Å²) in [7, 11) is 0. The fourth-order valence-electron chi connectivity index (χ4n) is 1.68. The zero-order valence-electron chi connectivity index (χ0n) is 12.4. The highest BCUT2D eigenvalue weighted by atomic mass is 19.3. The van der Waals surface area contributed by atoms with Gasteiger partial charge in [-0.05, 0) is 29.5 Å². The Morgan fingerprint density at radius 2 is 2.08 bits per heavy atom. The number of hydrogen-bond donors (Lipinski definition) is 1. The minimum Gasteiger partial charge on any atom is -0.451 e. The molecule has 0 aliphatic heterocycles. The van der Waals surface area contributed by atoms with Gasteiger partial charge in [-0.2, -0.15) is 8.78 Å². The maximum absolute atomic E-state index is 12.3. The van der Waals surface area contributed by atoms with E-state index in [1.165, 1.54) is 37.5 Å². The van der Waals surface area contributed by atoms with Crippen LogP contribution in [0.25, 0.3) is 0 Å². The van der Waals surface area contributed by atoms with Crippen LogP contribution in [0.3, 0.4) is 0 Å². The van der Waals surface area contributed by atoms with Crippen molar-refractivity contribution in [3.8, 4) is 5.75 Å². The number of carbonyl (C=O) groups is 2. The smallest absolute Gasteiger partial charge is 0.387 e. The number of aromatic nitrogens is 4. The summed E-state index contributed by atoms with van der Waals surface area (Å²) in [5.74, 6) is -1.64. The molecule has 11 heteroatoms. The van der Waals surface area contributed by atoms with E-state index in [9.17, 15) is 18.4 Å². The highest BCUT2D eigenvalue weighted by Gasteiger charge is 2.20. The number of amides is 1. The summed E-state index contributed by atoms with van der Waals surface area (Å²) >= 11 is 0. The minimum atomic E-state index is -3.03. The van der Waals surface area contributed by atoms with Gasteiger partial charge in [-0.15, -0.1) is 5.10 Å². The number of para-hydroxylation sites is 2. The van der Waals surface area contributed by atoms with Crippen molar-refractivity contribution < 1.29 is 27.8 Å². The first kappa shape index (κ1) is 17.2. The van der Waals surface area contributed by atoms with E-state index in [0.29, 0.717) is 0 Å². The number of rotatable bonds is 7. The van der Waals surface area contributed by atoms with Crippen LogP contribution in [0.2, 0.25) is 0 Å². The van der Waals surface area contributed by atoms with Gasteiger partial charge in [-0.3, -0.25) is 9.59 Å². The van der Waals surface area contributed by atoms with Crippen molar-refractivity contribution in [1.82, 2.24) is 20.2 Å². The van der Waals surface area contributed by atoms with E-state index in [1.807, 2.05) is 0 Å². The second kappa shape index (κ2) is 7.94. The number of anilines is 1. The molecule has 0 aliphatic rings. The third-order valence-electron chi connectivity index (χ3n) is 2.72. The molecule has 128 valence electrons. The number of nitrogens with one attached hydrogen (secondary N) is 1. The van der Waals surface area contributed by atoms with Crippen LogP contribution < -0.4 is 10.1 Å². The largest absolute Gasteiger partial charge is 0.451 e. The molecule has 1 N–H and O–H groups in total. The molecule has 0 fully saturated rings. The van der Waals surface area contributed by atoms with Crippen LogP contribution in [0.4, 0.5) is 14.5 Å². The summed E-state index contributed by atoms with van der Waals surface area (Å²) in [5.41, 5.74) is 0.0335. The van der Waals surface area contributed by atoms with E-state index in [2.05, 4.69) is 25.6 Å². The van der Waals surface area contributed by atoms with Crippen molar-refractivity contribution in [3.05, 3.63) is 30.6 Å². The highest BCUT2D eigenvalue weighted by molar-refractivity contribution is 5.96. The molecule has 1 amide bonds. The Balaban J connectivity index is 1.93. The second-order valence-corrected chi connectivity index (χ2v) is 4.50. The normalized spacial score (nSPS) is 11.8. The number of tetrazole rings is 1. The van der Waals surface area contributed by atoms with Crippen LogP contribution in [0.15, 0.2) is 30.6 Å². The van der Waals surface area contributed by atoms with Gasteiger partial charge in [-0.25, -0.2) is 4.68 Å². The lowest BCUT2D eigenvalue weighted by Crippen LogP contribution is -2.31. The van der Waals surface area contributed by atoms with Gasteiger partial charge in [0.1, 0.15) is 18.6 Å². The zero-order valence-corrected chi connectivity index (χ0v) is 12.4. The van der Waals surface area contributed by atoms with Crippen molar-refractivity contribution in [2.75, 3.05) is 5.32 Å². The number of carbonyl (C=O) groups excluding carboxylic acids is 2. The molecule has 0 saturated heterocycles. The summed E-state index contributed by atoms with van der Waals surface area (Å²) in [5, 5.41) is 12.5. The Labute approximate surface area is 134 Å². The lowest BCUT2D eigenvalue weighted by Gasteiger charge is -2.15. The summed E-state index contributed by atoms with van der Waals surface area (Å²) in [6, 6.07) is 5.66. The lowest BCUT2D eigenvalue weighted by molar-refractivity contribution is -0.153. The predicted octanol–water partition coefficient (Wildman–Crippen LogP) is 0.845. The van der Waals surface area contributed by atoms with Crippen LogP contribution in [0.5, 0.6) is 5.75 Å². The van der Waals surface area contributed by atoms with E-state index in [-0.39, 0.29) is 18.0 Å². The van der Waals surface area contributed by atoms with Gasteiger partial charge in [-0.1, -0.05) is 12.1 Å². The van der Waals surface area contributed by atoms with Crippen LogP contribution >= 0.6 is 0 Å². The number of ether oxygens (including phenoxy) is 2. The molecule has 24 heavy (non-hydrogen) atoms. The predicted molar refractivity (Wildman–Crippen MR) is 75.1 cm³/mol. The molecule has 0 saturated carbocycles. The lowest BCUT2D eigenvalue weighted by atomic mass is 10.2. The third-order valence-corrected chi connectivity index (χ3v) is 2.72. The molecular formula is C13H13F2N5O4. The molecular weight excluding hydrogens is 328 g/mol. The van der Waals surface area contributed by atoms with Crippen LogP contribution in [0, 0.1) is 0 Å². The van der Waals surface area contributed by atoms with E-state index < -0.39 is 24.6 Å². The van der Waals surface area contributed by atoms with Crippen LogP contribution in [-0.4, -0.2) is 44.8 Å². The number of nitrogens with zero attached hydrogens (tertiary/aromatic N) is 4. The second-order valence-electron chi connectivity index (χ2n) is 4.50. The molecule has 0 radical (unpaired) electrons. The zero-order chi connectivity index (χ0) is 17.5. The summed E-state index contributed by atoms with van der Waals surface area (Å²) < 4.78 is 35.0. The van der Waals surface area contributed by atoms with E-state index in [4.69, 9.17) is 4.74 Å². The minimum absolute atomic E-state index is 0.0335. The Hall–Kier alpha value is -3.11. The molecule has 2 aromatic rings. The van der Waals surface area contributed by atoms with Crippen LogP contribution in [-0.2, 0) is 20.9 Å². The topological polar surface area (TPSA) is 108 Å². The van der Waals surface area contributed by atoms with Crippen molar-refractivity contribution in [2.24, 2.45) is 0 Å². The fraction of sp³-hybridized carbons (Fsp3) is 0.308. The molecule has 0 unspecified atom stereocenters. The monoisotopic (exact) mass is 341 g/mol. The molecule has 1 heterocycles. The standard InChI is InChI=1S/C13H13F2N5O4/c1-8(23-11(21)6-20-7-16-18-19-20)12(22)17-9-4-2-3-5-10(9)24-13(14)15/h2-5,7-8,13H,6H2,1H3,(H,17,22)/t8-/m1/s1. The number of benzene rings is 1. The first-order valence-electron chi connectivity index (χ1n) is 6.70. The van der Waals surface area contributed by atoms with E-state index in [0.717, 1.165) is 4.68 Å². The van der Waals surface area contributed by atoms with Gasteiger partial charge in [0, 0.05) is 0 Å². The maximum atomic E-state index is 12.3. The molecule has 1 atom stereocenters. The number of halogens is 2. The average Bonchev–Trinajstić information content (AvgIpc) is 3.01. The summed E-state index contributed by atoms with van der Waals surface area (Å²) in [4.78, 5) is 23.7.